The van der Waals surface area contributed by atoms with E-state index in [-0.39, 0.29) is 0 Å². The van der Waals surface area contributed by atoms with Gasteiger partial charge in [0.25, 0.3) is 0 Å². The zero-order valence-corrected chi connectivity index (χ0v) is 15.8. The molecule has 1 aromatic rings. The summed E-state index contributed by atoms with van der Waals surface area (Å²) in [5.41, 5.74) is 1.82. The van der Waals surface area contributed by atoms with E-state index in [9.17, 15) is 0 Å². The maximum atomic E-state index is 3.82. The Labute approximate surface area is 143 Å². The second-order valence-corrected chi connectivity index (χ2v) is 9.04. The summed E-state index contributed by atoms with van der Waals surface area (Å²) >= 11 is 0. The zero-order valence-electron chi connectivity index (χ0n) is 15.8. The van der Waals surface area contributed by atoms with E-state index >= 15 is 0 Å². The molecule has 1 saturated heterocycles. The lowest BCUT2D eigenvalue weighted by Crippen LogP contribution is -2.50. The minimum atomic E-state index is 0.426. The number of piperidine rings is 1. The number of nitrogens with zero attached hydrogens (tertiary/aromatic N) is 1. The van der Waals surface area contributed by atoms with Crippen molar-refractivity contribution < 1.29 is 0 Å². The molecule has 2 unspecified atom stereocenters. The predicted molar refractivity (Wildman–Crippen MR) is 101 cm³/mol. The largest absolute Gasteiger partial charge is 0.309 e. The standard InChI is InChI=1S/C21H36N2/c1-17(2)14-23-15-19(12-21(3,4)5)11-20(16-23)22-13-18-9-7-6-8-10-18/h6-10,17,19-20,22H,11-16H2,1-5H3. The first kappa shape index (κ1) is 18.5. The Morgan fingerprint density at radius 1 is 1.13 bits per heavy atom. The van der Waals surface area contributed by atoms with Gasteiger partial charge < -0.3 is 10.2 Å². The van der Waals surface area contributed by atoms with Crippen molar-refractivity contribution in [3.05, 3.63) is 35.9 Å². The molecule has 0 spiro atoms. The Balaban J connectivity index is 1.93. The predicted octanol–water partition coefficient (Wildman–Crippen LogP) is 4.56. The lowest BCUT2D eigenvalue weighted by molar-refractivity contribution is 0.103. The van der Waals surface area contributed by atoms with Crippen molar-refractivity contribution in [1.29, 1.82) is 0 Å². The molecular formula is C21H36N2. The first-order valence-electron chi connectivity index (χ1n) is 9.31. The van der Waals surface area contributed by atoms with E-state index in [1.165, 1.54) is 38.0 Å². The Morgan fingerprint density at radius 3 is 2.43 bits per heavy atom. The van der Waals surface area contributed by atoms with Gasteiger partial charge in [0.1, 0.15) is 0 Å². The van der Waals surface area contributed by atoms with Crippen molar-refractivity contribution in [2.75, 3.05) is 19.6 Å². The first-order chi connectivity index (χ1) is 10.8. The van der Waals surface area contributed by atoms with Crippen LogP contribution in [-0.4, -0.2) is 30.6 Å². The third kappa shape index (κ3) is 7.05. The molecule has 1 heterocycles. The fourth-order valence-electron chi connectivity index (χ4n) is 3.99. The molecule has 0 bridgehead atoms. The van der Waals surface area contributed by atoms with Crippen LogP contribution in [0.5, 0.6) is 0 Å². The van der Waals surface area contributed by atoms with Crippen LogP contribution in [0.25, 0.3) is 0 Å². The molecule has 2 nitrogen and oxygen atoms in total. The molecule has 130 valence electrons. The normalized spacial score (nSPS) is 23.4. The van der Waals surface area contributed by atoms with E-state index in [1.54, 1.807) is 0 Å². The van der Waals surface area contributed by atoms with Crippen LogP contribution in [-0.2, 0) is 6.54 Å². The Morgan fingerprint density at radius 2 is 1.83 bits per heavy atom. The van der Waals surface area contributed by atoms with Crippen LogP contribution >= 0.6 is 0 Å². The molecule has 2 heteroatoms. The maximum Gasteiger partial charge on any atom is 0.0208 e. The molecule has 2 rings (SSSR count). The fraction of sp³-hybridized carbons (Fsp3) is 0.714. The summed E-state index contributed by atoms with van der Waals surface area (Å²) in [5.74, 6) is 1.56. The number of nitrogens with one attached hydrogen (secondary N) is 1. The van der Waals surface area contributed by atoms with Gasteiger partial charge in [-0.1, -0.05) is 65.0 Å². The highest BCUT2D eigenvalue weighted by molar-refractivity contribution is 5.14. The molecule has 0 aromatic heterocycles. The molecular weight excluding hydrogens is 280 g/mol. The molecule has 0 aliphatic carbocycles. The minimum Gasteiger partial charge on any atom is -0.309 e. The highest BCUT2D eigenvalue weighted by Gasteiger charge is 2.29. The number of hydrogen-bond acceptors (Lipinski definition) is 2. The van der Waals surface area contributed by atoms with Crippen molar-refractivity contribution in [3.8, 4) is 0 Å². The molecule has 23 heavy (non-hydrogen) atoms. The van der Waals surface area contributed by atoms with Crippen LogP contribution in [0.1, 0.15) is 53.0 Å². The van der Waals surface area contributed by atoms with Crippen LogP contribution in [0.15, 0.2) is 30.3 Å². The van der Waals surface area contributed by atoms with Gasteiger partial charge in [-0.15, -0.1) is 0 Å². The van der Waals surface area contributed by atoms with E-state index in [0.717, 1.165) is 18.4 Å². The summed E-state index contributed by atoms with van der Waals surface area (Å²) in [4.78, 5) is 2.69. The monoisotopic (exact) mass is 316 g/mol. The second-order valence-electron chi connectivity index (χ2n) is 9.04. The molecule has 1 aliphatic rings. The van der Waals surface area contributed by atoms with Crippen molar-refractivity contribution >= 4 is 0 Å². The van der Waals surface area contributed by atoms with E-state index in [4.69, 9.17) is 0 Å². The van der Waals surface area contributed by atoms with Gasteiger partial charge in [-0.25, -0.2) is 0 Å². The summed E-state index contributed by atoms with van der Waals surface area (Å²) in [5, 5.41) is 3.82. The first-order valence-corrected chi connectivity index (χ1v) is 9.31. The van der Waals surface area contributed by atoms with Crippen molar-refractivity contribution in [2.45, 2.75) is 60.0 Å². The minimum absolute atomic E-state index is 0.426. The van der Waals surface area contributed by atoms with Crippen LogP contribution in [0.2, 0.25) is 0 Å². The maximum absolute atomic E-state index is 3.82. The Kier molecular flexibility index (Phi) is 6.67. The average molecular weight is 317 g/mol. The SMILES string of the molecule is CC(C)CN1CC(CC(C)(C)C)CC(NCc2ccccc2)C1. The van der Waals surface area contributed by atoms with Crippen molar-refractivity contribution in [2.24, 2.45) is 17.3 Å². The number of likely N-dealkylation sites (tertiary alicyclic amines) is 1. The highest BCUT2D eigenvalue weighted by atomic mass is 15.2. The van der Waals surface area contributed by atoms with Gasteiger partial charge in [-0.3, -0.25) is 0 Å². The van der Waals surface area contributed by atoms with Gasteiger partial charge in [0, 0.05) is 32.2 Å². The van der Waals surface area contributed by atoms with Gasteiger partial charge in [0.05, 0.1) is 0 Å². The quantitative estimate of drug-likeness (QED) is 0.827. The molecule has 0 radical (unpaired) electrons. The van der Waals surface area contributed by atoms with Crippen LogP contribution in [0.4, 0.5) is 0 Å². The molecule has 1 N–H and O–H groups in total. The zero-order chi connectivity index (χ0) is 16.9. The van der Waals surface area contributed by atoms with Crippen molar-refractivity contribution in [3.63, 3.8) is 0 Å². The number of hydrogen-bond donors (Lipinski definition) is 1. The molecule has 1 aromatic carbocycles. The van der Waals surface area contributed by atoms with Crippen LogP contribution in [0.3, 0.4) is 0 Å². The average Bonchev–Trinajstić information content (AvgIpc) is 2.43. The van der Waals surface area contributed by atoms with Crippen LogP contribution < -0.4 is 5.32 Å². The fourth-order valence-corrected chi connectivity index (χ4v) is 3.99. The Bertz CT molecular complexity index is 447. The third-order valence-electron chi connectivity index (χ3n) is 4.57. The van der Waals surface area contributed by atoms with E-state index < -0.39 is 0 Å². The number of rotatable bonds is 6. The summed E-state index contributed by atoms with van der Waals surface area (Å²) in [7, 11) is 0. The Hall–Kier alpha value is -0.860. The summed E-state index contributed by atoms with van der Waals surface area (Å²) in [6, 6.07) is 11.4. The van der Waals surface area contributed by atoms with Gasteiger partial charge in [0.2, 0.25) is 0 Å². The van der Waals surface area contributed by atoms with Crippen molar-refractivity contribution in [1.82, 2.24) is 10.2 Å². The molecule has 0 amide bonds. The van der Waals surface area contributed by atoms with E-state index in [0.29, 0.717) is 11.5 Å². The molecule has 1 aliphatic heterocycles. The second kappa shape index (κ2) is 8.30. The molecule has 2 atom stereocenters. The topological polar surface area (TPSA) is 15.3 Å². The lowest BCUT2D eigenvalue weighted by atomic mass is 9.80. The summed E-state index contributed by atoms with van der Waals surface area (Å²) in [6.45, 7) is 16.5. The van der Waals surface area contributed by atoms with E-state index in [1.807, 2.05) is 0 Å². The third-order valence-corrected chi connectivity index (χ3v) is 4.57. The van der Waals surface area contributed by atoms with E-state index in [2.05, 4.69) is 75.2 Å². The van der Waals surface area contributed by atoms with Crippen LogP contribution in [0, 0.1) is 17.3 Å². The summed E-state index contributed by atoms with van der Waals surface area (Å²) in [6.07, 6.45) is 2.64. The molecule has 1 fully saturated rings. The highest BCUT2D eigenvalue weighted by Crippen LogP contribution is 2.30. The van der Waals surface area contributed by atoms with Gasteiger partial charge in [-0.05, 0) is 35.7 Å². The lowest BCUT2D eigenvalue weighted by Gasteiger charge is -2.41. The smallest absolute Gasteiger partial charge is 0.0208 e. The molecule has 0 saturated carbocycles. The van der Waals surface area contributed by atoms with Gasteiger partial charge >= 0.3 is 0 Å². The van der Waals surface area contributed by atoms with Gasteiger partial charge in [0.15, 0.2) is 0 Å². The summed E-state index contributed by atoms with van der Waals surface area (Å²) < 4.78 is 0. The van der Waals surface area contributed by atoms with Gasteiger partial charge in [-0.2, -0.15) is 0 Å². The number of benzene rings is 1.